The Hall–Kier alpha value is -1.81. The predicted molar refractivity (Wildman–Crippen MR) is 95.5 cm³/mol. The van der Waals surface area contributed by atoms with Gasteiger partial charge in [-0.3, -0.25) is 9.78 Å². The summed E-state index contributed by atoms with van der Waals surface area (Å²) in [5, 5.41) is 0.493. The van der Waals surface area contributed by atoms with Gasteiger partial charge in [-0.15, -0.1) is 0 Å². The van der Waals surface area contributed by atoms with E-state index in [1.807, 2.05) is 28.8 Å². The van der Waals surface area contributed by atoms with Gasteiger partial charge in [0.25, 0.3) is 0 Å². The second-order valence-corrected chi connectivity index (χ2v) is 7.23. The van der Waals surface area contributed by atoms with Crippen molar-refractivity contribution in [2.75, 3.05) is 18.8 Å². The zero-order valence-electron chi connectivity index (χ0n) is 13.4. The van der Waals surface area contributed by atoms with Gasteiger partial charge in [0.2, 0.25) is 5.91 Å². The van der Waals surface area contributed by atoms with E-state index in [9.17, 15) is 4.79 Å². The lowest BCUT2D eigenvalue weighted by Crippen LogP contribution is -2.34. The van der Waals surface area contributed by atoms with Gasteiger partial charge in [0, 0.05) is 36.5 Å². The highest BCUT2D eigenvalue weighted by Gasteiger charge is 2.22. The van der Waals surface area contributed by atoms with Gasteiger partial charge in [0.15, 0.2) is 0 Å². The fraction of sp³-hybridized carbons (Fsp3) is 0.368. The predicted octanol–water partition coefficient (Wildman–Crippen LogP) is 3.64. The lowest BCUT2D eigenvalue weighted by atomic mass is 10.0. The maximum absolute atomic E-state index is 12.5. The number of benzene rings is 1. The molecule has 1 unspecified atom stereocenters. The van der Waals surface area contributed by atoms with Crippen molar-refractivity contribution in [2.45, 2.75) is 25.0 Å². The second-order valence-electron chi connectivity index (χ2n) is 5.92. The summed E-state index contributed by atoms with van der Waals surface area (Å²) >= 11 is 1.97. The van der Waals surface area contributed by atoms with E-state index in [0.29, 0.717) is 11.7 Å². The molecule has 1 fully saturated rings. The van der Waals surface area contributed by atoms with Gasteiger partial charge in [0.05, 0.1) is 6.42 Å². The first-order valence-corrected chi connectivity index (χ1v) is 9.13. The maximum atomic E-state index is 12.5. The average Bonchev–Trinajstić information content (AvgIpc) is 2.82. The van der Waals surface area contributed by atoms with Crippen LogP contribution in [0.25, 0.3) is 0 Å². The van der Waals surface area contributed by atoms with E-state index in [-0.39, 0.29) is 5.91 Å². The third kappa shape index (κ3) is 4.14. The van der Waals surface area contributed by atoms with Crippen LogP contribution in [-0.4, -0.2) is 34.6 Å². The first-order valence-electron chi connectivity index (χ1n) is 8.08. The largest absolute Gasteiger partial charge is 0.342 e. The van der Waals surface area contributed by atoms with Gasteiger partial charge in [-0.05, 0) is 36.1 Å². The monoisotopic (exact) mass is 326 g/mol. The molecule has 0 spiro atoms. The molecule has 3 rings (SSSR count). The van der Waals surface area contributed by atoms with Crippen LogP contribution in [0.3, 0.4) is 0 Å². The van der Waals surface area contributed by atoms with Crippen molar-refractivity contribution >= 4 is 17.7 Å². The third-order valence-corrected chi connectivity index (χ3v) is 5.62. The van der Waals surface area contributed by atoms with Gasteiger partial charge < -0.3 is 4.90 Å². The summed E-state index contributed by atoms with van der Waals surface area (Å²) in [4.78, 5) is 18.6. The number of thioether (sulfide) groups is 1. The Morgan fingerprint density at radius 3 is 2.91 bits per heavy atom. The molecule has 2 heterocycles. The van der Waals surface area contributed by atoms with Crippen molar-refractivity contribution in [1.29, 1.82) is 0 Å². The Morgan fingerprint density at radius 2 is 2.13 bits per heavy atom. The van der Waals surface area contributed by atoms with E-state index in [1.54, 1.807) is 12.4 Å². The second kappa shape index (κ2) is 7.64. The molecule has 1 aliphatic heterocycles. The molecular formula is C19H22N2OS. The van der Waals surface area contributed by atoms with Gasteiger partial charge in [-0.2, -0.15) is 11.8 Å². The van der Waals surface area contributed by atoms with Crippen LogP contribution in [0.4, 0.5) is 0 Å². The summed E-state index contributed by atoms with van der Waals surface area (Å²) in [5.41, 5.74) is 3.75. The van der Waals surface area contributed by atoms with E-state index in [0.717, 1.165) is 30.8 Å². The minimum Gasteiger partial charge on any atom is -0.342 e. The van der Waals surface area contributed by atoms with Gasteiger partial charge in [-0.25, -0.2) is 0 Å². The smallest absolute Gasteiger partial charge is 0.227 e. The Morgan fingerprint density at radius 1 is 1.26 bits per heavy atom. The molecule has 3 nitrogen and oxygen atoms in total. The highest BCUT2D eigenvalue weighted by Crippen LogP contribution is 2.35. The van der Waals surface area contributed by atoms with Crippen molar-refractivity contribution in [3.63, 3.8) is 0 Å². The molecule has 1 aliphatic rings. The molecule has 1 saturated heterocycles. The van der Waals surface area contributed by atoms with E-state index >= 15 is 0 Å². The summed E-state index contributed by atoms with van der Waals surface area (Å²) in [5.74, 6) is 1.21. The maximum Gasteiger partial charge on any atom is 0.227 e. The first kappa shape index (κ1) is 16.1. The zero-order valence-corrected chi connectivity index (χ0v) is 14.3. The van der Waals surface area contributed by atoms with Crippen molar-refractivity contribution in [3.05, 3.63) is 65.5 Å². The minimum atomic E-state index is 0.212. The summed E-state index contributed by atoms with van der Waals surface area (Å²) < 4.78 is 0. The van der Waals surface area contributed by atoms with Crippen molar-refractivity contribution in [3.8, 4) is 0 Å². The van der Waals surface area contributed by atoms with Crippen LogP contribution in [0.2, 0.25) is 0 Å². The molecule has 0 N–H and O–H groups in total. The van der Waals surface area contributed by atoms with E-state index in [2.05, 4.69) is 36.2 Å². The molecule has 4 heteroatoms. The standard InChI is InChI=1S/C19H22N2OS/c1-15-5-2-3-7-17(15)18-8-10-21(11-12-23-18)19(22)13-16-6-4-9-20-14-16/h2-7,9,14,18H,8,10-13H2,1H3. The zero-order chi connectivity index (χ0) is 16.1. The van der Waals surface area contributed by atoms with Crippen LogP contribution in [-0.2, 0) is 11.2 Å². The first-order chi connectivity index (χ1) is 11.2. The molecule has 0 saturated carbocycles. The van der Waals surface area contributed by atoms with Crippen molar-refractivity contribution in [1.82, 2.24) is 9.88 Å². The van der Waals surface area contributed by atoms with E-state index < -0.39 is 0 Å². The third-order valence-electron chi connectivity index (χ3n) is 4.31. The molecule has 1 amide bonds. The fourth-order valence-corrected chi connectivity index (χ4v) is 4.33. The molecule has 120 valence electrons. The summed E-state index contributed by atoms with van der Waals surface area (Å²) in [6, 6.07) is 12.4. The van der Waals surface area contributed by atoms with Crippen LogP contribution in [0.1, 0.15) is 28.4 Å². The normalized spacial score (nSPS) is 18.5. The van der Waals surface area contributed by atoms with Gasteiger partial charge in [-0.1, -0.05) is 30.3 Å². The quantitative estimate of drug-likeness (QED) is 0.863. The van der Waals surface area contributed by atoms with E-state index in [1.165, 1.54) is 11.1 Å². The molecule has 1 atom stereocenters. The highest BCUT2D eigenvalue weighted by atomic mass is 32.2. The summed E-state index contributed by atoms with van der Waals surface area (Å²) in [7, 11) is 0. The lowest BCUT2D eigenvalue weighted by molar-refractivity contribution is -0.130. The Bertz CT molecular complexity index is 659. The summed E-state index contributed by atoms with van der Waals surface area (Å²) in [6.07, 6.45) is 4.99. The van der Waals surface area contributed by atoms with Crippen LogP contribution < -0.4 is 0 Å². The van der Waals surface area contributed by atoms with Crippen molar-refractivity contribution in [2.24, 2.45) is 0 Å². The van der Waals surface area contributed by atoms with Crippen LogP contribution >= 0.6 is 11.8 Å². The number of aromatic nitrogens is 1. The number of hydrogen-bond donors (Lipinski definition) is 0. The Kier molecular flexibility index (Phi) is 5.34. The van der Waals surface area contributed by atoms with Gasteiger partial charge >= 0.3 is 0 Å². The molecule has 2 aromatic rings. The van der Waals surface area contributed by atoms with Crippen molar-refractivity contribution < 1.29 is 4.79 Å². The molecule has 23 heavy (non-hydrogen) atoms. The number of rotatable bonds is 3. The number of carbonyl (C=O) groups is 1. The molecule has 0 bridgehead atoms. The Labute approximate surface area is 142 Å². The number of carbonyl (C=O) groups excluding carboxylic acids is 1. The number of amides is 1. The lowest BCUT2D eigenvalue weighted by Gasteiger charge is -2.20. The minimum absolute atomic E-state index is 0.212. The SMILES string of the molecule is Cc1ccccc1C1CCN(C(=O)Cc2cccnc2)CCS1. The van der Waals surface area contributed by atoms with Crippen LogP contribution in [0.5, 0.6) is 0 Å². The molecular weight excluding hydrogens is 304 g/mol. The van der Waals surface area contributed by atoms with E-state index in [4.69, 9.17) is 0 Å². The van der Waals surface area contributed by atoms with Crippen LogP contribution in [0, 0.1) is 6.92 Å². The molecule has 0 aliphatic carbocycles. The number of hydrogen-bond acceptors (Lipinski definition) is 3. The highest BCUT2D eigenvalue weighted by molar-refractivity contribution is 7.99. The Balaban J connectivity index is 1.62. The molecule has 1 aromatic heterocycles. The topological polar surface area (TPSA) is 33.2 Å². The number of aryl methyl sites for hydroxylation is 1. The fourth-order valence-electron chi connectivity index (χ4n) is 3.01. The molecule has 0 radical (unpaired) electrons. The van der Waals surface area contributed by atoms with Gasteiger partial charge in [0.1, 0.15) is 0 Å². The summed E-state index contributed by atoms with van der Waals surface area (Å²) in [6.45, 7) is 3.85. The number of pyridine rings is 1. The number of nitrogens with zero attached hydrogens (tertiary/aromatic N) is 2. The average molecular weight is 326 g/mol. The molecule has 1 aromatic carbocycles. The van der Waals surface area contributed by atoms with Crippen LogP contribution in [0.15, 0.2) is 48.8 Å².